The van der Waals surface area contributed by atoms with Crippen LogP contribution in [0.25, 0.3) is 10.4 Å². The van der Waals surface area contributed by atoms with Gasteiger partial charge >= 0.3 is 0 Å². The largest absolute Gasteiger partial charge is 0.344 e. The fourth-order valence-electron chi connectivity index (χ4n) is 2.96. The molecule has 4 unspecified atom stereocenters. The normalized spacial score (nSPS) is 44.5. The summed E-state index contributed by atoms with van der Waals surface area (Å²) in [5, 5.41) is 3.58. The van der Waals surface area contributed by atoms with E-state index in [0.29, 0.717) is 0 Å². The summed E-state index contributed by atoms with van der Waals surface area (Å²) in [4.78, 5) is 2.77. The third-order valence-corrected chi connectivity index (χ3v) is 3.58. The van der Waals surface area contributed by atoms with Crippen LogP contribution < -0.4 is 0 Å². The van der Waals surface area contributed by atoms with Crippen LogP contribution in [0.1, 0.15) is 27.7 Å². The van der Waals surface area contributed by atoms with E-state index in [1.165, 1.54) is 0 Å². The molecule has 0 spiro atoms. The first-order valence-corrected chi connectivity index (χ1v) is 6.69. The summed E-state index contributed by atoms with van der Waals surface area (Å²) < 4.78 is 29.2. The summed E-state index contributed by atoms with van der Waals surface area (Å²) in [6, 6.07) is 0. The second kappa shape index (κ2) is 4.56. The van der Waals surface area contributed by atoms with Gasteiger partial charge in [0.2, 0.25) is 0 Å². The Balaban J connectivity index is 1.85. The van der Waals surface area contributed by atoms with Gasteiger partial charge in [-0.25, -0.2) is 0 Å². The Labute approximate surface area is 116 Å². The van der Waals surface area contributed by atoms with Gasteiger partial charge < -0.3 is 23.7 Å². The van der Waals surface area contributed by atoms with Crippen LogP contribution in [0.15, 0.2) is 5.11 Å². The molecule has 8 nitrogen and oxygen atoms in total. The highest BCUT2D eigenvalue weighted by Gasteiger charge is 2.60. The van der Waals surface area contributed by atoms with Crippen molar-refractivity contribution in [2.24, 2.45) is 5.11 Å². The minimum absolute atomic E-state index is 0.171. The maximum absolute atomic E-state index is 8.49. The van der Waals surface area contributed by atoms with Crippen LogP contribution in [0.2, 0.25) is 0 Å². The monoisotopic (exact) mass is 285 g/mol. The van der Waals surface area contributed by atoms with Gasteiger partial charge in [0.15, 0.2) is 17.9 Å². The van der Waals surface area contributed by atoms with Gasteiger partial charge in [0.25, 0.3) is 0 Å². The Bertz CT molecular complexity index is 448. The molecule has 3 fully saturated rings. The van der Waals surface area contributed by atoms with Gasteiger partial charge in [-0.1, -0.05) is 5.11 Å². The lowest BCUT2D eigenvalue weighted by atomic mass is 9.99. The van der Waals surface area contributed by atoms with Crippen molar-refractivity contribution in [2.45, 2.75) is 70.0 Å². The number of nitrogens with zero attached hydrogens (tertiary/aromatic N) is 3. The zero-order valence-corrected chi connectivity index (χ0v) is 12.0. The Kier molecular flexibility index (Phi) is 3.20. The predicted octanol–water partition coefficient (Wildman–Crippen LogP) is 1.69. The summed E-state index contributed by atoms with van der Waals surface area (Å²) in [6.07, 6.45) is -1.93. The van der Waals surface area contributed by atoms with Crippen molar-refractivity contribution < 1.29 is 23.7 Å². The highest BCUT2D eigenvalue weighted by atomic mass is 16.9. The first-order valence-electron chi connectivity index (χ1n) is 6.69. The molecule has 112 valence electrons. The molecule has 0 bridgehead atoms. The fourth-order valence-corrected chi connectivity index (χ4v) is 2.96. The van der Waals surface area contributed by atoms with Crippen LogP contribution in [0.3, 0.4) is 0 Å². The lowest BCUT2D eigenvalue weighted by Crippen LogP contribution is -2.55. The molecular formula is C12H19N3O5. The summed E-state index contributed by atoms with van der Waals surface area (Å²) >= 11 is 0. The second-order valence-corrected chi connectivity index (χ2v) is 6.12. The fraction of sp³-hybridized carbons (Fsp3) is 1.00. The SMILES string of the molecule is CC1(C)OC2C(CN=[N+]=[N-])OC3OC(C)(C)O[C@H]3C2O1. The van der Waals surface area contributed by atoms with Crippen molar-refractivity contribution in [2.75, 3.05) is 6.54 Å². The van der Waals surface area contributed by atoms with E-state index in [1.807, 2.05) is 27.7 Å². The van der Waals surface area contributed by atoms with E-state index < -0.39 is 24.0 Å². The molecule has 0 aromatic heterocycles. The number of ether oxygens (including phenoxy) is 5. The Morgan fingerprint density at radius 3 is 2.25 bits per heavy atom. The third kappa shape index (κ3) is 2.39. The highest BCUT2D eigenvalue weighted by molar-refractivity contribution is 5.00. The van der Waals surface area contributed by atoms with Gasteiger partial charge in [0, 0.05) is 4.91 Å². The van der Waals surface area contributed by atoms with Gasteiger partial charge in [-0.15, -0.1) is 0 Å². The van der Waals surface area contributed by atoms with E-state index in [4.69, 9.17) is 29.2 Å². The molecule has 0 saturated carbocycles. The van der Waals surface area contributed by atoms with Gasteiger partial charge in [0.1, 0.15) is 18.3 Å². The molecule has 3 rings (SSSR count). The van der Waals surface area contributed by atoms with E-state index >= 15 is 0 Å². The maximum Gasteiger partial charge on any atom is 0.190 e. The van der Waals surface area contributed by atoms with E-state index in [1.54, 1.807) is 0 Å². The summed E-state index contributed by atoms with van der Waals surface area (Å²) in [5.74, 6) is -1.46. The van der Waals surface area contributed by atoms with E-state index in [9.17, 15) is 0 Å². The first kappa shape index (κ1) is 14.1. The molecule has 0 radical (unpaired) electrons. The molecule has 3 heterocycles. The van der Waals surface area contributed by atoms with E-state index in [0.717, 1.165) is 0 Å². The standard InChI is InChI=1S/C12H19N3O5/c1-11(2)17-7-6(5-14-15-13)16-10-9(8(7)18-11)19-12(3,4)20-10/h6-10H,5H2,1-4H3/t6?,7?,8?,9-,10?/m0/s1. The molecule has 0 aliphatic carbocycles. The van der Waals surface area contributed by atoms with Crippen LogP contribution in [0, 0.1) is 0 Å². The molecule has 3 aliphatic heterocycles. The molecule has 8 heteroatoms. The topological polar surface area (TPSA) is 94.9 Å². The molecule has 3 saturated heterocycles. The highest BCUT2D eigenvalue weighted by Crippen LogP contribution is 2.44. The molecule has 0 amide bonds. The van der Waals surface area contributed by atoms with Crippen LogP contribution in [-0.4, -0.2) is 48.8 Å². The van der Waals surface area contributed by atoms with Crippen LogP contribution in [0.5, 0.6) is 0 Å². The summed E-state index contributed by atoms with van der Waals surface area (Å²) in [6.45, 7) is 7.50. The zero-order valence-electron chi connectivity index (χ0n) is 12.0. The molecule has 5 atom stereocenters. The number of rotatable bonds is 2. The Morgan fingerprint density at radius 2 is 1.55 bits per heavy atom. The third-order valence-electron chi connectivity index (χ3n) is 3.58. The van der Waals surface area contributed by atoms with Crippen LogP contribution in [0.4, 0.5) is 0 Å². The van der Waals surface area contributed by atoms with E-state index in [2.05, 4.69) is 10.0 Å². The van der Waals surface area contributed by atoms with Gasteiger partial charge in [-0.2, -0.15) is 0 Å². The minimum atomic E-state index is -0.733. The van der Waals surface area contributed by atoms with Crippen molar-refractivity contribution >= 4 is 0 Å². The second-order valence-electron chi connectivity index (χ2n) is 6.12. The first-order chi connectivity index (χ1) is 9.31. The Hall–Kier alpha value is -0.890. The van der Waals surface area contributed by atoms with Crippen molar-refractivity contribution in [3.63, 3.8) is 0 Å². The Morgan fingerprint density at radius 1 is 0.950 bits per heavy atom. The minimum Gasteiger partial charge on any atom is -0.344 e. The number of hydrogen-bond acceptors (Lipinski definition) is 6. The van der Waals surface area contributed by atoms with Gasteiger partial charge in [0.05, 0.1) is 12.6 Å². The van der Waals surface area contributed by atoms with Crippen molar-refractivity contribution in [3.8, 4) is 0 Å². The number of azide groups is 1. The molecule has 0 N–H and O–H groups in total. The molecule has 20 heavy (non-hydrogen) atoms. The average molecular weight is 285 g/mol. The maximum atomic E-state index is 8.49. The molecular weight excluding hydrogens is 266 g/mol. The summed E-state index contributed by atoms with van der Waals surface area (Å²) in [7, 11) is 0. The predicted molar refractivity (Wildman–Crippen MR) is 66.5 cm³/mol. The van der Waals surface area contributed by atoms with Gasteiger partial charge in [-0.3, -0.25) is 0 Å². The van der Waals surface area contributed by atoms with Crippen molar-refractivity contribution in [3.05, 3.63) is 10.4 Å². The quantitative estimate of drug-likeness (QED) is 0.437. The van der Waals surface area contributed by atoms with Crippen molar-refractivity contribution in [1.29, 1.82) is 0 Å². The lowest BCUT2D eigenvalue weighted by molar-refractivity contribution is -0.231. The molecule has 0 aromatic carbocycles. The molecule has 3 aliphatic rings. The molecule has 0 aromatic rings. The number of fused-ring (bicyclic) bond motifs is 3. The smallest absolute Gasteiger partial charge is 0.190 e. The van der Waals surface area contributed by atoms with Crippen LogP contribution >= 0.6 is 0 Å². The summed E-state index contributed by atoms with van der Waals surface area (Å²) in [5.41, 5.74) is 8.49. The van der Waals surface area contributed by atoms with Gasteiger partial charge in [-0.05, 0) is 33.2 Å². The average Bonchev–Trinajstić information content (AvgIpc) is 2.80. The van der Waals surface area contributed by atoms with Crippen molar-refractivity contribution in [1.82, 2.24) is 0 Å². The van der Waals surface area contributed by atoms with Crippen LogP contribution in [-0.2, 0) is 23.7 Å². The zero-order chi connectivity index (χ0) is 14.5. The van der Waals surface area contributed by atoms with E-state index in [-0.39, 0.29) is 24.9 Å². The lowest BCUT2D eigenvalue weighted by Gasteiger charge is -2.36. The number of hydrogen-bond donors (Lipinski definition) is 0.